The molecule has 0 saturated heterocycles. The molecule has 0 aliphatic heterocycles. The minimum atomic E-state index is -4.81. The Labute approximate surface area is 223 Å². The Hall–Kier alpha value is -3.61. The van der Waals surface area contributed by atoms with Crippen molar-refractivity contribution in [3.05, 3.63) is 119 Å². The maximum atomic E-state index is 14.7. The number of rotatable bonds is 7. The lowest BCUT2D eigenvalue weighted by atomic mass is 9.79. The lowest BCUT2D eigenvalue weighted by Gasteiger charge is -2.36. The fraction of sp³-hybridized carbons (Fsp3) is 0.154. The van der Waals surface area contributed by atoms with Crippen LogP contribution in [0.4, 0.5) is 28.2 Å². The van der Waals surface area contributed by atoms with Gasteiger partial charge in [0.15, 0.2) is 0 Å². The van der Waals surface area contributed by atoms with Crippen LogP contribution in [0.2, 0.25) is 0 Å². The first-order chi connectivity index (χ1) is 17.7. The number of nitrogens with zero attached hydrogens (tertiary/aromatic N) is 3. The summed E-state index contributed by atoms with van der Waals surface area (Å²) in [4.78, 5) is 25.5. The fourth-order valence-corrected chi connectivity index (χ4v) is 4.34. The number of benzene rings is 2. The minimum absolute atomic E-state index is 0.0115. The number of hydrogen-bond donors (Lipinski definition) is 2. The van der Waals surface area contributed by atoms with Gasteiger partial charge in [-0.05, 0) is 47.0 Å². The molecule has 37 heavy (non-hydrogen) atoms. The van der Waals surface area contributed by atoms with E-state index >= 15 is 0 Å². The second-order valence-electron chi connectivity index (χ2n) is 8.15. The van der Waals surface area contributed by atoms with Crippen molar-refractivity contribution in [3.63, 3.8) is 0 Å². The molecule has 0 aliphatic rings. The van der Waals surface area contributed by atoms with Gasteiger partial charge >= 0.3 is 12.2 Å². The van der Waals surface area contributed by atoms with Gasteiger partial charge in [0.05, 0.1) is 11.3 Å². The zero-order valence-electron chi connectivity index (χ0n) is 19.1. The van der Waals surface area contributed by atoms with Crippen molar-refractivity contribution in [2.45, 2.75) is 22.6 Å². The molecule has 1 atom stereocenters. The molecule has 2 aromatic heterocycles. The molecular formula is C26H20F4IN5O. The van der Waals surface area contributed by atoms with E-state index in [0.717, 1.165) is 17.7 Å². The third kappa shape index (κ3) is 6.40. The molecule has 190 valence electrons. The Morgan fingerprint density at radius 3 is 2.30 bits per heavy atom. The highest BCUT2D eigenvalue weighted by Crippen LogP contribution is 2.37. The first-order valence-electron chi connectivity index (χ1n) is 11.0. The van der Waals surface area contributed by atoms with Gasteiger partial charge in [0.25, 0.3) is 0 Å². The molecular weight excluding hydrogens is 601 g/mol. The number of aromatic nitrogens is 3. The third-order valence-electron chi connectivity index (χ3n) is 5.60. The van der Waals surface area contributed by atoms with Crippen LogP contribution in [0, 0.1) is 5.82 Å². The molecule has 4 rings (SSSR count). The molecule has 0 aliphatic carbocycles. The largest absolute Gasteiger partial charge is 0.416 e. The SMILES string of the molecule is O=C(Nc1ccncn1)N[C@](Cc1ccccc1)(c1cc(F)cc(C(F)(F)F)c1)c1ccc(CI)cn1. The molecule has 2 heterocycles. The van der Waals surface area contributed by atoms with Crippen LogP contribution in [0.1, 0.15) is 27.9 Å². The van der Waals surface area contributed by atoms with Crippen LogP contribution in [0.15, 0.2) is 85.5 Å². The molecule has 2 amide bonds. The molecule has 0 saturated carbocycles. The van der Waals surface area contributed by atoms with Crippen LogP contribution < -0.4 is 10.6 Å². The number of halogens is 5. The quantitative estimate of drug-likeness (QED) is 0.145. The van der Waals surface area contributed by atoms with E-state index in [2.05, 4.69) is 48.2 Å². The summed E-state index contributed by atoms with van der Waals surface area (Å²) >= 11 is 2.16. The first kappa shape index (κ1) is 26.5. The highest BCUT2D eigenvalue weighted by Gasteiger charge is 2.41. The van der Waals surface area contributed by atoms with Crippen molar-refractivity contribution in [1.29, 1.82) is 0 Å². The summed E-state index contributed by atoms with van der Waals surface area (Å²) in [6.07, 6.45) is -0.583. The van der Waals surface area contributed by atoms with E-state index in [4.69, 9.17) is 0 Å². The summed E-state index contributed by atoms with van der Waals surface area (Å²) in [6, 6.07) is 15.2. The van der Waals surface area contributed by atoms with E-state index in [1.165, 1.54) is 18.6 Å². The highest BCUT2D eigenvalue weighted by atomic mass is 127. The summed E-state index contributed by atoms with van der Waals surface area (Å²) in [6.45, 7) is 0. The van der Waals surface area contributed by atoms with Crippen molar-refractivity contribution in [3.8, 4) is 0 Å². The number of pyridine rings is 1. The molecule has 0 spiro atoms. The summed E-state index contributed by atoms with van der Waals surface area (Å²) in [5.41, 5.74) is -1.18. The second kappa shape index (κ2) is 11.2. The average molecular weight is 621 g/mol. The van der Waals surface area contributed by atoms with Crippen LogP contribution in [-0.4, -0.2) is 21.0 Å². The molecule has 0 fully saturated rings. The maximum absolute atomic E-state index is 14.7. The van der Waals surface area contributed by atoms with E-state index in [1.807, 2.05) is 0 Å². The van der Waals surface area contributed by atoms with Gasteiger partial charge < -0.3 is 5.32 Å². The van der Waals surface area contributed by atoms with Crippen LogP contribution in [0.3, 0.4) is 0 Å². The van der Waals surface area contributed by atoms with Crippen LogP contribution in [0.25, 0.3) is 0 Å². The monoisotopic (exact) mass is 621 g/mol. The van der Waals surface area contributed by atoms with E-state index in [9.17, 15) is 22.4 Å². The lowest BCUT2D eigenvalue weighted by molar-refractivity contribution is -0.137. The number of hydrogen-bond acceptors (Lipinski definition) is 4. The molecule has 4 aromatic rings. The number of nitrogens with one attached hydrogen (secondary N) is 2. The van der Waals surface area contributed by atoms with Crippen LogP contribution >= 0.6 is 22.6 Å². The maximum Gasteiger partial charge on any atom is 0.416 e. The predicted octanol–water partition coefficient (Wildman–Crippen LogP) is 6.27. The number of amides is 2. The van der Waals surface area contributed by atoms with Crippen molar-refractivity contribution in [1.82, 2.24) is 20.3 Å². The van der Waals surface area contributed by atoms with Gasteiger partial charge in [0.1, 0.15) is 23.5 Å². The van der Waals surface area contributed by atoms with E-state index in [0.29, 0.717) is 16.1 Å². The van der Waals surface area contributed by atoms with Crippen molar-refractivity contribution >= 4 is 34.4 Å². The van der Waals surface area contributed by atoms with E-state index in [-0.39, 0.29) is 23.5 Å². The molecule has 0 unspecified atom stereocenters. The Morgan fingerprint density at radius 1 is 0.919 bits per heavy atom. The average Bonchev–Trinajstić information content (AvgIpc) is 2.88. The zero-order valence-corrected chi connectivity index (χ0v) is 21.3. The van der Waals surface area contributed by atoms with Crippen LogP contribution in [-0.2, 0) is 22.6 Å². The summed E-state index contributed by atoms with van der Waals surface area (Å²) in [7, 11) is 0. The summed E-state index contributed by atoms with van der Waals surface area (Å²) in [5.74, 6) is -0.922. The molecule has 6 nitrogen and oxygen atoms in total. The van der Waals surface area contributed by atoms with Gasteiger partial charge in [0, 0.05) is 23.2 Å². The number of urea groups is 1. The van der Waals surface area contributed by atoms with Crippen LogP contribution in [0.5, 0.6) is 0 Å². The smallest absolute Gasteiger partial charge is 0.322 e. The van der Waals surface area contributed by atoms with E-state index in [1.54, 1.807) is 48.7 Å². The van der Waals surface area contributed by atoms with Gasteiger partial charge in [-0.1, -0.05) is 59.0 Å². The van der Waals surface area contributed by atoms with Gasteiger partial charge in [-0.25, -0.2) is 19.2 Å². The number of carbonyl (C=O) groups is 1. The fourth-order valence-electron chi connectivity index (χ4n) is 3.88. The summed E-state index contributed by atoms with van der Waals surface area (Å²) in [5, 5.41) is 5.35. The Balaban J connectivity index is 1.92. The Morgan fingerprint density at radius 2 is 1.68 bits per heavy atom. The third-order valence-corrected chi connectivity index (χ3v) is 6.48. The molecule has 2 N–H and O–H groups in total. The van der Waals surface area contributed by atoms with Crippen molar-refractivity contribution in [2.24, 2.45) is 0 Å². The van der Waals surface area contributed by atoms with Crippen molar-refractivity contribution < 1.29 is 22.4 Å². The van der Waals surface area contributed by atoms with Gasteiger partial charge in [-0.15, -0.1) is 0 Å². The topological polar surface area (TPSA) is 79.8 Å². The Kier molecular flexibility index (Phi) is 8.00. The standard InChI is InChI=1S/C26H20F4IN5O/c27-21-11-19(10-20(12-21)26(28,29)30)25(13-17-4-2-1-3-5-17,22-7-6-18(14-31)15-33-22)36-24(37)35-23-8-9-32-16-34-23/h1-12,15-16H,13-14H2,(H2,32,34,35,36,37)/t25-/m1/s1. The second-order valence-corrected chi connectivity index (χ2v) is 8.92. The number of alkyl halides is 4. The van der Waals surface area contributed by atoms with Gasteiger partial charge in [0.2, 0.25) is 0 Å². The molecule has 0 radical (unpaired) electrons. The minimum Gasteiger partial charge on any atom is -0.322 e. The van der Waals surface area contributed by atoms with E-state index < -0.39 is 29.1 Å². The van der Waals surface area contributed by atoms with Crippen molar-refractivity contribution in [2.75, 3.05) is 5.32 Å². The number of carbonyl (C=O) groups excluding carboxylic acids is 1. The highest BCUT2D eigenvalue weighted by molar-refractivity contribution is 14.1. The first-order valence-corrected chi connectivity index (χ1v) is 12.5. The normalized spacial score (nSPS) is 13.0. The number of anilines is 1. The summed E-state index contributed by atoms with van der Waals surface area (Å²) < 4.78 is 56.5. The van der Waals surface area contributed by atoms with Gasteiger partial charge in [-0.2, -0.15) is 13.2 Å². The Bertz CT molecular complexity index is 1360. The van der Waals surface area contributed by atoms with Gasteiger partial charge in [-0.3, -0.25) is 10.3 Å². The molecule has 0 bridgehead atoms. The molecule has 11 heteroatoms. The zero-order chi connectivity index (χ0) is 26.5. The lowest BCUT2D eigenvalue weighted by Crippen LogP contribution is -2.51. The predicted molar refractivity (Wildman–Crippen MR) is 138 cm³/mol. The molecule has 2 aromatic carbocycles.